The summed E-state index contributed by atoms with van der Waals surface area (Å²) in [6.45, 7) is 0.311. The molecular weight excluding hydrogens is 326 g/mol. The van der Waals surface area contributed by atoms with E-state index in [1.54, 1.807) is 25.2 Å². The Kier molecular flexibility index (Phi) is 4.54. The van der Waals surface area contributed by atoms with Crippen molar-refractivity contribution in [1.29, 1.82) is 0 Å². The van der Waals surface area contributed by atoms with Crippen LogP contribution in [-0.2, 0) is 14.3 Å². The van der Waals surface area contributed by atoms with Gasteiger partial charge < -0.3 is 10.1 Å². The maximum atomic E-state index is 12.8. The van der Waals surface area contributed by atoms with E-state index in [2.05, 4.69) is 5.32 Å². The second kappa shape index (κ2) is 6.64. The summed E-state index contributed by atoms with van der Waals surface area (Å²) in [4.78, 5) is 52.3. The molecule has 8 nitrogen and oxygen atoms in total. The summed E-state index contributed by atoms with van der Waals surface area (Å²) in [7, 11) is 3.13. The zero-order valence-corrected chi connectivity index (χ0v) is 14.1. The van der Waals surface area contributed by atoms with Crippen LogP contribution in [0.1, 0.15) is 33.6 Å². The van der Waals surface area contributed by atoms with Gasteiger partial charge in [-0.25, -0.2) is 0 Å². The zero-order valence-electron chi connectivity index (χ0n) is 14.1. The number of fused-ring (bicyclic) bond motifs is 1. The molecule has 2 aliphatic heterocycles. The molecule has 1 N–H and O–H groups in total. The number of hydrogen-bond donors (Lipinski definition) is 1. The van der Waals surface area contributed by atoms with Gasteiger partial charge in [0.25, 0.3) is 17.7 Å². The Morgan fingerprint density at radius 2 is 1.96 bits per heavy atom. The number of anilines is 1. The summed E-state index contributed by atoms with van der Waals surface area (Å²) in [6.07, 6.45) is 0.244. The molecule has 1 saturated heterocycles. The van der Waals surface area contributed by atoms with Crippen molar-refractivity contribution in [2.75, 3.05) is 32.6 Å². The smallest absolute Gasteiger partial charge is 0.264 e. The Morgan fingerprint density at radius 3 is 2.64 bits per heavy atom. The lowest BCUT2D eigenvalue weighted by atomic mass is 10.0. The van der Waals surface area contributed by atoms with Crippen LogP contribution in [0, 0.1) is 0 Å². The number of piperidine rings is 1. The van der Waals surface area contributed by atoms with Crippen LogP contribution in [0.3, 0.4) is 0 Å². The van der Waals surface area contributed by atoms with Gasteiger partial charge in [0.05, 0.1) is 24.3 Å². The number of imide groups is 2. The molecule has 2 heterocycles. The molecule has 0 aromatic heterocycles. The molecule has 4 amide bonds. The van der Waals surface area contributed by atoms with Crippen molar-refractivity contribution in [2.45, 2.75) is 18.9 Å². The molecule has 3 rings (SSSR count). The summed E-state index contributed by atoms with van der Waals surface area (Å²) < 4.78 is 4.92. The molecule has 2 aliphatic rings. The summed E-state index contributed by atoms with van der Waals surface area (Å²) in [5, 5.41) is 2.89. The van der Waals surface area contributed by atoms with Gasteiger partial charge >= 0.3 is 0 Å². The first kappa shape index (κ1) is 17.1. The third-order valence-corrected chi connectivity index (χ3v) is 4.53. The maximum absolute atomic E-state index is 12.8. The minimum Gasteiger partial charge on any atom is -0.387 e. The lowest BCUT2D eigenvalue weighted by Gasteiger charge is -2.34. The van der Waals surface area contributed by atoms with Crippen molar-refractivity contribution in [2.24, 2.45) is 0 Å². The lowest BCUT2D eigenvalue weighted by molar-refractivity contribution is -0.152. The Bertz CT molecular complexity index is 761. The molecule has 1 unspecified atom stereocenters. The Labute approximate surface area is 144 Å². The molecule has 1 aromatic rings. The standard InChI is InChI=1S/C17H19N3O5/c1-18-11-5-3-4-10-14(11)17(24)20(15(10)22)12-6-7-13(21)19(16(12)23)8-9-25-2/h3-5,12,18H,6-9H2,1-2H3. The Balaban J connectivity index is 1.92. The number of methoxy groups -OCH3 is 1. The lowest BCUT2D eigenvalue weighted by Crippen LogP contribution is -2.56. The van der Waals surface area contributed by atoms with Crippen LogP contribution < -0.4 is 5.32 Å². The first-order valence-electron chi connectivity index (χ1n) is 8.03. The number of rotatable bonds is 5. The van der Waals surface area contributed by atoms with E-state index >= 15 is 0 Å². The molecule has 1 fully saturated rings. The number of carbonyl (C=O) groups excluding carboxylic acids is 4. The summed E-state index contributed by atoms with van der Waals surface area (Å²) in [6, 6.07) is 3.98. The second-order valence-corrected chi connectivity index (χ2v) is 5.89. The van der Waals surface area contributed by atoms with E-state index in [1.807, 2.05) is 0 Å². The summed E-state index contributed by atoms with van der Waals surface area (Å²) in [5.74, 6) is -1.86. The quantitative estimate of drug-likeness (QED) is 0.780. The number of benzene rings is 1. The highest BCUT2D eigenvalue weighted by atomic mass is 16.5. The minimum atomic E-state index is -0.966. The van der Waals surface area contributed by atoms with Crippen molar-refractivity contribution in [3.05, 3.63) is 29.3 Å². The number of likely N-dealkylation sites (tertiary alicyclic amines) is 1. The van der Waals surface area contributed by atoms with E-state index in [9.17, 15) is 19.2 Å². The van der Waals surface area contributed by atoms with Crippen LogP contribution >= 0.6 is 0 Å². The predicted molar refractivity (Wildman–Crippen MR) is 88.1 cm³/mol. The molecule has 25 heavy (non-hydrogen) atoms. The number of amides is 4. The van der Waals surface area contributed by atoms with Crippen LogP contribution in [0.25, 0.3) is 0 Å². The minimum absolute atomic E-state index is 0.104. The van der Waals surface area contributed by atoms with Gasteiger partial charge in [0.15, 0.2) is 0 Å². The van der Waals surface area contributed by atoms with Crippen LogP contribution in [-0.4, -0.2) is 66.8 Å². The average molecular weight is 345 g/mol. The van der Waals surface area contributed by atoms with Gasteiger partial charge in [-0.05, 0) is 18.6 Å². The van der Waals surface area contributed by atoms with E-state index in [0.29, 0.717) is 5.69 Å². The first-order valence-corrected chi connectivity index (χ1v) is 8.03. The second-order valence-electron chi connectivity index (χ2n) is 5.89. The van der Waals surface area contributed by atoms with Crippen LogP contribution in [0.4, 0.5) is 5.69 Å². The van der Waals surface area contributed by atoms with Gasteiger partial charge in [-0.15, -0.1) is 0 Å². The van der Waals surface area contributed by atoms with Crippen LogP contribution in [0.2, 0.25) is 0 Å². The highest BCUT2D eigenvalue weighted by Crippen LogP contribution is 2.32. The number of nitrogens with one attached hydrogen (secondary N) is 1. The van der Waals surface area contributed by atoms with Gasteiger partial charge in [-0.2, -0.15) is 0 Å². The van der Waals surface area contributed by atoms with Gasteiger partial charge in [-0.3, -0.25) is 29.0 Å². The van der Waals surface area contributed by atoms with Crippen molar-refractivity contribution < 1.29 is 23.9 Å². The van der Waals surface area contributed by atoms with Gasteiger partial charge in [0.1, 0.15) is 6.04 Å². The third-order valence-electron chi connectivity index (χ3n) is 4.53. The first-order chi connectivity index (χ1) is 12.0. The van der Waals surface area contributed by atoms with E-state index in [1.165, 1.54) is 7.11 Å². The van der Waals surface area contributed by atoms with Gasteiger partial charge in [0.2, 0.25) is 5.91 Å². The van der Waals surface area contributed by atoms with E-state index in [-0.39, 0.29) is 43.0 Å². The molecule has 0 spiro atoms. The number of hydrogen-bond acceptors (Lipinski definition) is 6. The molecule has 1 atom stereocenters. The highest BCUT2D eigenvalue weighted by Gasteiger charge is 2.47. The van der Waals surface area contributed by atoms with Crippen LogP contribution in [0.15, 0.2) is 18.2 Å². The Hall–Kier alpha value is -2.74. The molecular formula is C17H19N3O5. The fourth-order valence-corrected chi connectivity index (χ4v) is 3.27. The molecule has 1 aromatic carbocycles. The SMILES string of the molecule is CNc1cccc2c1C(=O)N(C1CCC(=O)N(CCOC)C1=O)C2=O. The van der Waals surface area contributed by atoms with E-state index in [4.69, 9.17) is 4.74 Å². The van der Waals surface area contributed by atoms with Crippen molar-refractivity contribution >= 4 is 29.3 Å². The molecule has 132 valence electrons. The fourth-order valence-electron chi connectivity index (χ4n) is 3.27. The topological polar surface area (TPSA) is 96.0 Å². The number of nitrogens with zero attached hydrogens (tertiary/aromatic N) is 2. The molecule has 0 bridgehead atoms. The van der Waals surface area contributed by atoms with Crippen molar-refractivity contribution in [3.63, 3.8) is 0 Å². The molecule has 0 radical (unpaired) electrons. The van der Waals surface area contributed by atoms with E-state index in [0.717, 1.165) is 9.80 Å². The average Bonchev–Trinajstić information content (AvgIpc) is 2.86. The van der Waals surface area contributed by atoms with Gasteiger partial charge in [0, 0.05) is 26.3 Å². The third kappa shape index (κ3) is 2.68. The normalized spacial score (nSPS) is 20.3. The fraction of sp³-hybridized carbons (Fsp3) is 0.412. The summed E-state index contributed by atoms with van der Waals surface area (Å²) in [5.41, 5.74) is 1.07. The van der Waals surface area contributed by atoms with Crippen molar-refractivity contribution in [3.8, 4) is 0 Å². The zero-order chi connectivity index (χ0) is 18.1. The molecule has 0 saturated carbocycles. The molecule has 0 aliphatic carbocycles. The maximum Gasteiger partial charge on any atom is 0.264 e. The number of ether oxygens (including phenoxy) is 1. The number of carbonyl (C=O) groups is 4. The monoisotopic (exact) mass is 345 g/mol. The Morgan fingerprint density at radius 1 is 1.20 bits per heavy atom. The van der Waals surface area contributed by atoms with E-state index < -0.39 is 23.8 Å². The van der Waals surface area contributed by atoms with Gasteiger partial charge in [-0.1, -0.05) is 6.07 Å². The highest BCUT2D eigenvalue weighted by molar-refractivity contribution is 6.25. The summed E-state index contributed by atoms with van der Waals surface area (Å²) >= 11 is 0. The van der Waals surface area contributed by atoms with Crippen molar-refractivity contribution in [1.82, 2.24) is 9.80 Å². The largest absolute Gasteiger partial charge is 0.387 e. The predicted octanol–water partition coefficient (Wildman–Crippen LogP) is 0.488. The molecule has 8 heteroatoms. The van der Waals surface area contributed by atoms with Crippen LogP contribution in [0.5, 0.6) is 0 Å².